The fraction of sp³-hybridized carbons (Fsp3) is 0.500. The number of carbonyl (C=O) groups is 2. The van der Waals surface area contributed by atoms with Gasteiger partial charge in [0.05, 0.1) is 11.5 Å². The lowest BCUT2D eigenvalue weighted by Crippen LogP contribution is -2.50. The van der Waals surface area contributed by atoms with Crippen molar-refractivity contribution in [1.29, 1.82) is 5.26 Å². The number of nitriles is 1. The Morgan fingerprint density at radius 2 is 1.91 bits per heavy atom. The molecular weight excluding hydrogens is 462 g/mol. The topological polar surface area (TPSA) is 98.9 Å². The van der Waals surface area contributed by atoms with Crippen LogP contribution in [-0.4, -0.2) is 69.5 Å². The number of hydrogen-bond acceptors (Lipinski definition) is 8. The molecule has 0 spiro atoms. The molecule has 3 heterocycles. The summed E-state index contributed by atoms with van der Waals surface area (Å²) in [6.45, 7) is 9.39. The van der Waals surface area contributed by atoms with E-state index in [1.165, 1.54) is 16.3 Å². The van der Waals surface area contributed by atoms with Gasteiger partial charge in [-0.1, -0.05) is 24.0 Å². The second-order valence-electron chi connectivity index (χ2n) is 8.03. The SMILES string of the molecule is CCOC(=O)N1CCN(c2c(/C=C3\SC(=S)N(C(C)C)C3=O)c(C)c(C#N)c(=O)n2C)CC1. The van der Waals surface area contributed by atoms with Crippen molar-refractivity contribution in [2.24, 2.45) is 7.05 Å². The second kappa shape index (κ2) is 9.97. The number of rotatable bonds is 4. The number of nitrogens with zero attached hydrogens (tertiary/aromatic N) is 5. The maximum atomic E-state index is 13.0. The summed E-state index contributed by atoms with van der Waals surface area (Å²) in [6, 6.07) is 1.93. The van der Waals surface area contributed by atoms with Crippen molar-refractivity contribution in [2.45, 2.75) is 33.7 Å². The third-order valence-corrected chi connectivity index (χ3v) is 7.02. The number of piperazine rings is 1. The molecule has 2 fully saturated rings. The van der Waals surface area contributed by atoms with Gasteiger partial charge in [0.15, 0.2) is 0 Å². The quantitative estimate of drug-likeness (QED) is 0.470. The summed E-state index contributed by atoms with van der Waals surface area (Å²) in [5.74, 6) is 0.416. The van der Waals surface area contributed by atoms with Crippen LogP contribution in [0.3, 0.4) is 0 Å². The van der Waals surface area contributed by atoms with Crippen molar-refractivity contribution in [3.05, 3.63) is 31.9 Å². The zero-order chi connectivity index (χ0) is 24.4. The number of amides is 2. The van der Waals surface area contributed by atoms with Gasteiger partial charge >= 0.3 is 6.09 Å². The molecule has 33 heavy (non-hydrogen) atoms. The molecule has 0 bridgehead atoms. The van der Waals surface area contributed by atoms with Crippen LogP contribution in [0.5, 0.6) is 0 Å². The molecule has 11 heteroatoms. The van der Waals surface area contributed by atoms with E-state index in [9.17, 15) is 19.6 Å². The first-order valence-corrected chi connectivity index (χ1v) is 11.9. The van der Waals surface area contributed by atoms with Crippen molar-refractivity contribution in [2.75, 3.05) is 37.7 Å². The Kier molecular flexibility index (Phi) is 7.49. The Balaban J connectivity index is 2.07. The average Bonchev–Trinajstić information content (AvgIpc) is 3.06. The minimum Gasteiger partial charge on any atom is -0.450 e. The molecule has 3 rings (SSSR count). The highest BCUT2D eigenvalue weighted by Gasteiger charge is 2.35. The summed E-state index contributed by atoms with van der Waals surface area (Å²) in [6.07, 6.45) is 1.37. The lowest BCUT2D eigenvalue weighted by molar-refractivity contribution is -0.123. The summed E-state index contributed by atoms with van der Waals surface area (Å²) in [7, 11) is 1.62. The summed E-state index contributed by atoms with van der Waals surface area (Å²) < 4.78 is 7.01. The number of carbonyl (C=O) groups excluding carboxylic acids is 2. The Morgan fingerprint density at radius 1 is 1.27 bits per heavy atom. The number of hydrogen-bond donors (Lipinski definition) is 0. The third-order valence-electron chi connectivity index (χ3n) is 5.69. The maximum Gasteiger partial charge on any atom is 0.409 e. The number of ether oxygens (including phenoxy) is 1. The van der Waals surface area contributed by atoms with E-state index in [1.807, 2.05) is 24.8 Å². The van der Waals surface area contributed by atoms with E-state index in [0.717, 1.165) is 0 Å². The summed E-state index contributed by atoms with van der Waals surface area (Å²) >= 11 is 6.60. The first-order valence-electron chi connectivity index (χ1n) is 10.7. The molecule has 1 aromatic heterocycles. The molecule has 0 N–H and O–H groups in total. The Bertz CT molecular complexity index is 1130. The van der Waals surface area contributed by atoms with Gasteiger partial charge in [-0.15, -0.1) is 0 Å². The fourth-order valence-electron chi connectivity index (χ4n) is 3.97. The van der Waals surface area contributed by atoms with E-state index in [0.29, 0.717) is 59.0 Å². The van der Waals surface area contributed by atoms with Crippen molar-refractivity contribution in [3.8, 4) is 6.07 Å². The third kappa shape index (κ3) is 4.63. The van der Waals surface area contributed by atoms with E-state index in [-0.39, 0.29) is 23.6 Å². The van der Waals surface area contributed by atoms with Gasteiger partial charge in [-0.3, -0.25) is 19.1 Å². The molecule has 0 saturated carbocycles. The lowest BCUT2D eigenvalue weighted by Gasteiger charge is -2.37. The van der Waals surface area contributed by atoms with Gasteiger partial charge in [0, 0.05) is 44.8 Å². The van der Waals surface area contributed by atoms with Crippen LogP contribution in [0.4, 0.5) is 10.6 Å². The van der Waals surface area contributed by atoms with Gasteiger partial charge in [0.25, 0.3) is 11.5 Å². The molecule has 2 aliphatic rings. The number of thioether (sulfide) groups is 1. The monoisotopic (exact) mass is 489 g/mol. The van der Waals surface area contributed by atoms with Crippen LogP contribution in [0.2, 0.25) is 0 Å². The molecule has 0 radical (unpaired) electrons. The summed E-state index contributed by atoms with van der Waals surface area (Å²) in [5.41, 5.74) is 0.780. The predicted molar refractivity (Wildman–Crippen MR) is 132 cm³/mol. The van der Waals surface area contributed by atoms with Crippen LogP contribution >= 0.6 is 24.0 Å². The van der Waals surface area contributed by atoms with E-state index in [1.54, 1.807) is 36.8 Å². The normalized spacial score (nSPS) is 17.8. The molecule has 9 nitrogen and oxygen atoms in total. The lowest BCUT2D eigenvalue weighted by atomic mass is 10.0. The van der Waals surface area contributed by atoms with Crippen LogP contribution in [-0.2, 0) is 16.6 Å². The van der Waals surface area contributed by atoms with Gasteiger partial charge < -0.3 is 14.5 Å². The van der Waals surface area contributed by atoms with Gasteiger partial charge in [-0.25, -0.2) is 4.79 Å². The maximum absolute atomic E-state index is 13.0. The Hall–Kier alpha value is -2.84. The molecule has 176 valence electrons. The number of aromatic nitrogens is 1. The average molecular weight is 490 g/mol. The van der Waals surface area contributed by atoms with E-state index in [4.69, 9.17) is 17.0 Å². The Labute approximate surface area is 202 Å². The molecule has 0 aromatic carbocycles. The van der Waals surface area contributed by atoms with Gasteiger partial charge in [0.2, 0.25) is 0 Å². The second-order valence-corrected chi connectivity index (χ2v) is 9.71. The summed E-state index contributed by atoms with van der Waals surface area (Å²) in [5, 5.41) is 9.61. The van der Waals surface area contributed by atoms with Gasteiger partial charge in [-0.05, 0) is 39.3 Å². The van der Waals surface area contributed by atoms with Crippen LogP contribution in [0.1, 0.15) is 37.5 Å². The zero-order valence-electron chi connectivity index (χ0n) is 19.4. The zero-order valence-corrected chi connectivity index (χ0v) is 21.0. The molecule has 0 atom stereocenters. The highest BCUT2D eigenvalue weighted by Crippen LogP contribution is 2.36. The van der Waals surface area contributed by atoms with Crippen molar-refractivity contribution in [1.82, 2.24) is 14.4 Å². The Morgan fingerprint density at radius 3 is 2.42 bits per heavy atom. The van der Waals surface area contributed by atoms with Crippen LogP contribution < -0.4 is 10.5 Å². The van der Waals surface area contributed by atoms with Gasteiger partial charge in [-0.2, -0.15) is 5.26 Å². The largest absolute Gasteiger partial charge is 0.450 e. The van der Waals surface area contributed by atoms with Crippen molar-refractivity contribution < 1.29 is 14.3 Å². The highest BCUT2D eigenvalue weighted by molar-refractivity contribution is 8.26. The van der Waals surface area contributed by atoms with Crippen molar-refractivity contribution >= 4 is 52.2 Å². The molecule has 2 amide bonds. The van der Waals surface area contributed by atoms with Crippen LogP contribution in [0, 0.1) is 18.3 Å². The molecule has 1 aromatic rings. The van der Waals surface area contributed by atoms with Gasteiger partial charge in [0.1, 0.15) is 21.8 Å². The summed E-state index contributed by atoms with van der Waals surface area (Å²) in [4.78, 5) is 43.6. The molecular formula is C22H27N5O4S2. The standard InChI is InChI=1S/C22H27N5O4S2/c1-6-31-21(30)26-9-7-25(8-10-26)18-15(14(4)16(12-23)19(28)24(18)5)11-17-20(29)27(13(2)3)22(32)33-17/h11,13H,6-10H2,1-5H3/b17-11-. The van der Waals surface area contributed by atoms with Crippen molar-refractivity contribution in [3.63, 3.8) is 0 Å². The molecule has 2 aliphatic heterocycles. The van der Waals surface area contributed by atoms with E-state index < -0.39 is 5.56 Å². The molecule has 0 aliphatic carbocycles. The molecule has 0 unspecified atom stereocenters. The number of anilines is 1. The number of thiocarbonyl (C=S) groups is 1. The van der Waals surface area contributed by atoms with Crippen LogP contribution in [0.25, 0.3) is 6.08 Å². The minimum atomic E-state index is -0.398. The van der Waals surface area contributed by atoms with E-state index >= 15 is 0 Å². The number of pyridine rings is 1. The van der Waals surface area contributed by atoms with Crippen LogP contribution in [0.15, 0.2) is 9.70 Å². The minimum absolute atomic E-state index is 0.0389. The smallest absolute Gasteiger partial charge is 0.409 e. The first kappa shape index (κ1) is 24.8. The first-order chi connectivity index (χ1) is 15.6. The fourth-order valence-corrected chi connectivity index (χ4v) is 5.47. The highest BCUT2D eigenvalue weighted by atomic mass is 32.2. The predicted octanol–water partition coefficient (Wildman–Crippen LogP) is 2.45. The van der Waals surface area contributed by atoms with E-state index in [2.05, 4.69) is 0 Å². The molecule has 2 saturated heterocycles.